The Morgan fingerprint density at radius 3 is 2.52 bits per heavy atom. The minimum Gasteiger partial charge on any atom is -0.388 e. The van der Waals surface area contributed by atoms with Gasteiger partial charge in [0.1, 0.15) is 0 Å². The second-order valence-corrected chi connectivity index (χ2v) is 6.00. The number of aliphatic imine (C=N–C) groups is 1. The van der Waals surface area contributed by atoms with Crippen molar-refractivity contribution in [2.24, 2.45) is 4.99 Å². The molecule has 0 spiro atoms. The Hall–Kier alpha value is -1.56. The lowest BCUT2D eigenvalue weighted by Gasteiger charge is -2.26. The molecule has 0 radical (unpaired) electrons. The maximum absolute atomic E-state index is 10.7. The van der Waals surface area contributed by atoms with Gasteiger partial charge >= 0.3 is 0 Å². The van der Waals surface area contributed by atoms with Crippen molar-refractivity contribution in [3.8, 4) is 0 Å². The molecule has 0 unspecified atom stereocenters. The molecule has 1 aromatic heterocycles. The van der Waals surface area contributed by atoms with Gasteiger partial charge < -0.3 is 20.3 Å². The van der Waals surface area contributed by atoms with E-state index in [0.717, 1.165) is 57.7 Å². The zero-order valence-corrected chi connectivity index (χ0v) is 14.9. The quantitative estimate of drug-likeness (QED) is 0.331. The third-order valence-electron chi connectivity index (χ3n) is 3.75. The maximum Gasteiger partial charge on any atom is 0.191 e. The fourth-order valence-corrected chi connectivity index (χ4v) is 2.67. The summed E-state index contributed by atoms with van der Waals surface area (Å²) in [6.45, 7) is 9.28. The number of nitrogens with zero attached hydrogens (tertiary/aromatic N) is 3. The van der Waals surface area contributed by atoms with E-state index in [4.69, 9.17) is 0 Å². The van der Waals surface area contributed by atoms with E-state index in [9.17, 15) is 5.11 Å². The zero-order valence-electron chi connectivity index (χ0n) is 14.9. The Kier molecular flexibility index (Phi) is 9.36. The minimum atomic E-state index is -0.678. The zero-order chi connectivity index (χ0) is 17.0. The van der Waals surface area contributed by atoms with Gasteiger partial charge in [-0.3, -0.25) is 4.99 Å². The average Bonchev–Trinajstić information content (AvgIpc) is 3.03. The van der Waals surface area contributed by atoms with Crippen LogP contribution in [0.5, 0.6) is 0 Å². The van der Waals surface area contributed by atoms with Crippen molar-refractivity contribution in [1.29, 1.82) is 0 Å². The Labute approximate surface area is 140 Å². The molecule has 6 nitrogen and oxygen atoms in total. The first-order chi connectivity index (χ1) is 11.1. The predicted octanol–water partition coefficient (Wildman–Crippen LogP) is 2.16. The highest BCUT2D eigenvalue weighted by Gasteiger charge is 2.24. The summed E-state index contributed by atoms with van der Waals surface area (Å²) in [7, 11) is 0. The predicted molar refractivity (Wildman–Crippen MR) is 95.6 cm³/mol. The molecule has 132 valence electrons. The van der Waals surface area contributed by atoms with Crippen molar-refractivity contribution in [2.45, 2.75) is 65.0 Å². The van der Waals surface area contributed by atoms with Crippen LogP contribution in [0.2, 0.25) is 0 Å². The Balaban J connectivity index is 2.44. The van der Waals surface area contributed by atoms with Gasteiger partial charge in [0.25, 0.3) is 0 Å². The highest BCUT2D eigenvalue weighted by Crippen LogP contribution is 2.19. The summed E-state index contributed by atoms with van der Waals surface area (Å²) in [4.78, 5) is 8.62. The monoisotopic (exact) mass is 323 g/mol. The topological polar surface area (TPSA) is 74.5 Å². The summed E-state index contributed by atoms with van der Waals surface area (Å²) in [6, 6.07) is 0. The average molecular weight is 323 g/mol. The molecule has 23 heavy (non-hydrogen) atoms. The van der Waals surface area contributed by atoms with Gasteiger partial charge in [0.05, 0.1) is 18.5 Å². The normalized spacial score (nSPS) is 12.4. The molecule has 0 saturated carbocycles. The van der Waals surface area contributed by atoms with E-state index in [1.807, 2.05) is 19.4 Å². The largest absolute Gasteiger partial charge is 0.388 e. The molecular formula is C17H33N5O. The van der Waals surface area contributed by atoms with E-state index in [1.54, 1.807) is 6.20 Å². The number of rotatable bonds is 11. The van der Waals surface area contributed by atoms with Crippen LogP contribution in [-0.2, 0) is 6.54 Å². The summed E-state index contributed by atoms with van der Waals surface area (Å²) >= 11 is 0. The van der Waals surface area contributed by atoms with Gasteiger partial charge in [0.2, 0.25) is 0 Å². The highest BCUT2D eigenvalue weighted by atomic mass is 16.3. The van der Waals surface area contributed by atoms with Gasteiger partial charge in [-0.05, 0) is 26.2 Å². The molecule has 0 aliphatic carbocycles. The number of aromatic nitrogens is 2. The summed E-state index contributed by atoms with van der Waals surface area (Å²) in [5.74, 6) is 0.781. The van der Waals surface area contributed by atoms with Crippen molar-refractivity contribution in [3.63, 3.8) is 0 Å². The first-order valence-corrected chi connectivity index (χ1v) is 8.83. The lowest BCUT2D eigenvalue weighted by Crippen LogP contribution is -2.40. The van der Waals surface area contributed by atoms with Crippen LogP contribution in [0.3, 0.4) is 0 Å². The van der Waals surface area contributed by atoms with Crippen LogP contribution in [0.15, 0.2) is 23.7 Å². The summed E-state index contributed by atoms with van der Waals surface area (Å²) < 4.78 is 2.06. The maximum atomic E-state index is 10.7. The van der Waals surface area contributed by atoms with Gasteiger partial charge in [-0.2, -0.15) is 0 Å². The molecule has 0 atom stereocenters. The van der Waals surface area contributed by atoms with Crippen LogP contribution in [0.4, 0.5) is 0 Å². The Morgan fingerprint density at radius 2 is 1.96 bits per heavy atom. The van der Waals surface area contributed by atoms with E-state index in [2.05, 4.69) is 39.0 Å². The molecule has 0 saturated heterocycles. The number of hydrogen-bond donors (Lipinski definition) is 3. The SMILES string of the molecule is CCCC(O)(CCC)CN=C(NCC)NCCCn1ccnc1. The van der Waals surface area contributed by atoms with E-state index in [1.165, 1.54) is 0 Å². The van der Waals surface area contributed by atoms with Crippen molar-refractivity contribution in [3.05, 3.63) is 18.7 Å². The summed E-state index contributed by atoms with van der Waals surface area (Å²) in [5, 5.41) is 17.2. The molecule has 6 heteroatoms. The number of aryl methyl sites for hydroxylation is 1. The van der Waals surface area contributed by atoms with Gasteiger partial charge in [0, 0.05) is 32.0 Å². The van der Waals surface area contributed by atoms with Gasteiger partial charge in [-0.25, -0.2) is 4.98 Å². The van der Waals surface area contributed by atoms with Crippen LogP contribution in [-0.4, -0.2) is 45.9 Å². The molecule has 1 heterocycles. The molecule has 0 aromatic carbocycles. The van der Waals surface area contributed by atoms with Crippen LogP contribution in [0.25, 0.3) is 0 Å². The molecular weight excluding hydrogens is 290 g/mol. The van der Waals surface area contributed by atoms with Crippen molar-refractivity contribution in [1.82, 2.24) is 20.2 Å². The summed E-state index contributed by atoms with van der Waals surface area (Å²) in [5.41, 5.74) is -0.678. The van der Waals surface area contributed by atoms with E-state index in [0.29, 0.717) is 6.54 Å². The number of aliphatic hydroxyl groups is 1. The number of guanidine groups is 1. The summed E-state index contributed by atoms with van der Waals surface area (Å²) in [6.07, 6.45) is 10.1. The Morgan fingerprint density at radius 1 is 1.22 bits per heavy atom. The third kappa shape index (κ3) is 8.02. The van der Waals surface area contributed by atoms with Crippen molar-refractivity contribution >= 4 is 5.96 Å². The smallest absolute Gasteiger partial charge is 0.191 e. The van der Waals surface area contributed by atoms with Crippen molar-refractivity contribution in [2.75, 3.05) is 19.6 Å². The third-order valence-corrected chi connectivity index (χ3v) is 3.75. The minimum absolute atomic E-state index is 0.450. The van der Waals surface area contributed by atoms with Gasteiger partial charge in [-0.1, -0.05) is 26.7 Å². The van der Waals surface area contributed by atoms with Crippen LogP contribution in [0, 0.1) is 0 Å². The van der Waals surface area contributed by atoms with Crippen molar-refractivity contribution < 1.29 is 5.11 Å². The van der Waals surface area contributed by atoms with Crippen LogP contribution >= 0.6 is 0 Å². The van der Waals surface area contributed by atoms with Gasteiger partial charge in [0.15, 0.2) is 5.96 Å². The highest BCUT2D eigenvalue weighted by molar-refractivity contribution is 5.79. The lowest BCUT2D eigenvalue weighted by molar-refractivity contribution is 0.0306. The molecule has 1 rings (SSSR count). The van der Waals surface area contributed by atoms with Crippen LogP contribution in [0.1, 0.15) is 52.9 Å². The first kappa shape index (κ1) is 19.5. The number of nitrogens with one attached hydrogen (secondary N) is 2. The Bertz CT molecular complexity index is 424. The molecule has 0 aliphatic heterocycles. The molecule has 0 bridgehead atoms. The molecule has 3 N–H and O–H groups in total. The van der Waals surface area contributed by atoms with E-state index < -0.39 is 5.60 Å². The molecule has 0 amide bonds. The van der Waals surface area contributed by atoms with E-state index in [-0.39, 0.29) is 0 Å². The standard InChI is InChI=1S/C17H33N5O/c1-4-8-17(23,9-5-2)14-21-16(19-6-3)20-10-7-12-22-13-11-18-15-22/h11,13,15,23H,4-10,12,14H2,1-3H3,(H2,19,20,21). The fourth-order valence-electron chi connectivity index (χ4n) is 2.67. The molecule has 0 fully saturated rings. The number of imidazole rings is 1. The second-order valence-electron chi connectivity index (χ2n) is 6.00. The van der Waals surface area contributed by atoms with E-state index >= 15 is 0 Å². The van der Waals surface area contributed by atoms with Crippen LogP contribution < -0.4 is 10.6 Å². The van der Waals surface area contributed by atoms with Gasteiger partial charge in [-0.15, -0.1) is 0 Å². The second kappa shape index (κ2) is 11.0. The number of hydrogen-bond acceptors (Lipinski definition) is 3. The molecule has 1 aromatic rings. The lowest BCUT2D eigenvalue weighted by atomic mass is 9.93. The first-order valence-electron chi connectivity index (χ1n) is 8.83. The molecule has 0 aliphatic rings. The fraction of sp³-hybridized carbons (Fsp3) is 0.765.